The van der Waals surface area contributed by atoms with E-state index in [1.165, 1.54) is 37.0 Å². The van der Waals surface area contributed by atoms with E-state index >= 15 is 0 Å². The number of aryl methyl sites for hydroxylation is 1. The van der Waals surface area contributed by atoms with Crippen molar-refractivity contribution < 1.29 is 4.79 Å². The van der Waals surface area contributed by atoms with Crippen molar-refractivity contribution in [3.05, 3.63) is 29.6 Å². The normalized spacial score (nSPS) is 19.0. The number of rotatable bonds is 4. The van der Waals surface area contributed by atoms with E-state index in [9.17, 15) is 4.79 Å². The minimum absolute atomic E-state index is 0.220. The molecule has 4 rings (SSSR count). The maximum Gasteiger partial charge on any atom is 0.223 e. The summed E-state index contributed by atoms with van der Waals surface area (Å²) in [6.07, 6.45) is 7.03. The predicted molar refractivity (Wildman–Crippen MR) is 86.5 cm³/mol. The number of hydrogen-bond acceptors (Lipinski definition) is 2. The minimum Gasteiger partial charge on any atom is -0.352 e. The fraction of sp³-hybridized carbons (Fsp3) is 0.556. The fourth-order valence-electron chi connectivity index (χ4n) is 3.60. The van der Waals surface area contributed by atoms with Gasteiger partial charge in [-0.05, 0) is 43.4 Å². The zero-order chi connectivity index (χ0) is 15.1. The molecule has 4 heteroatoms. The molecule has 22 heavy (non-hydrogen) atoms. The van der Waals surface area contributed by atoms with Crippen LogP contribution in [0, 0.1) is 5.92 Å². The predicted octanol–water partition coefficient (Wildman–Crippen LogP) is 3.26. The topological polar surface area (TPSA) is 46.9 Å². The summed E-state index contributed by atoms with van der Waals surface area (Å²) in [5.41, 5.74) is 3.38. The van der Waals surface area contributed by atoms with Gasteiger partial charge in [-0.1, -0.05) is 18.9 Å². The molecule has 1 heterocycles. The van der Waals surface area contributed by atoms with Gasteiger partial charge in [0.05, 0.1) is 11.0 Å². The zero-order valence-corrected chi connectivity index (χ0v) is 13.1. The van der Waals surface area contributed by atoms with Gasteiger partial charge in [0.1, 0.15) is 5.82 Å². The standard InChI is InChI=1S/C18H23N3O/c1-21-16-9-6-12(10-15(16)20-17(21)13-7-8-13)11-19-18(22)14-4-2-3-5-14/h6,9-10,13-14H,2-5,7-8,11H2,1H3,(H,19,22). The van der Waals surface area contributed by atoms with Crippen LogP contribution in [0.15, 0.2) is 18.2 Å². The lowest BCUT2D eigenvalue weighted by Crippen LogP contribution is -2.28. The third-order valence-corrected chi connectivity index (χ3v) is 5.12. The van der Waals surface area contributed by atoms with Crippen molar-refractivity contribution in [2.24, 2.45) is 13.0 Å². The van der Waals surface area contributed by atoms with E-state index in [1.54, 1.807) is 0 Å². The summed E-state index contributed by atoms with van der Waals surface area (Å²) in [5.74, 6) is 2.32. The quantitative estimate of drug-likeness (QED) is 0.941. The fourth-order valence-corrected chi connectivity index (χ4v) is 3.60. The van der Waals surface area contributed by atoms with Gasteiger partial charge >= 0.3 is 0 Å². The van der Waals surface area contributed by atoms with E-state index in [2.05, 4.69) is 35.1 Å². The molecule has 1 aromatic carbocycles. The summed E-state index contributed by atoms with van der Waals surface area (Å²) in [7, 11) is 2.10. The summed E-state index contributed by atoms with van der Waals surface area (Å²) < 4.78 is 2.22. The average molecular weight is 297 g/mol. The number of imidazole rings is 1. The van der Waals surface area contributed by atoms with E-state index in [-0.39, 0.29) is 11.8 Å². The Bertz CT molecular complexity index is 708. The highest BCUT2D eigenvalue weighted by atomic mass is 16.1. The molecule has 0 saturated heterocycles. The van der Waals surface area contributed by atoms with Crippen LogP contribution in [-0.4, -0.2) is 15.5 Å². The molecule has 0 bridgehead atoms. The number of amides is 1. The van der Waals surface area contributed by atoms with Crippen LogP contribution in [0.3, 0.4) is 0 Å². The molecule has 1 amide bonds. The van der Waals surface area contributed by atoms with E-state index in [1.807, 2.05) is 0 Å². The van der Waals surface area contributed by atoms with Crippen LogP contribution in [0.1, 0.15) is 55.8 Å². The van der Waals surface area contributed by atoms with Gasteiger partial charge in [0.2, 0.25) is 5.91 Å². The highest BCUT2D eigenvalue weighted by molar-refractivity contribution is 5.79. The highest BCUT2D eigenvalue weighted by Crippen LogP contribution is 2.40. The van der Waals surface area contributed by atoms with Crippen molar-refractivity contribution in [2.75, 3.05) is 0 Å². The van der Waals surface area contributed by atoms with Crippen LogP contribution in [0.5, 0.6) is 0 Å². The summed E-state index contributed by atoms with van der Waals surface area (Å²) in [4.78, 5) is 16.9. The number of carbonyl (C=O) groups excluding carboxylic acids is 1. The third kappa shape index (κ3) is 2.51. The molecular weight excluding hydrogens is 274 g/mol. The Hall–Kier alpha value is -1.84. The SMILES string of the molecule is Cn1c(C2CC2)nc2cc(CNC(=O)C3CCCC3)ccc21. The third-order valence-electron chi connectivity index (χ3n) is 5.12. The Morgan fingerprint density at radius 2 is 2.05 bits per heavy atom. The van der Waals surface area contributed by atoms with Crippen LogP contribution in [0.25, 0.3) is 11.0 Å². The first-order chi connectivity index (χ1) is 10.7. The van der Waals surface area contributed by atoms with E-state index in [4.69, 9.17) is 4.98 Å². The highest BCUT2D eigenvalue weighted by Gasteiger charge is 2.28. The Balaban J connectivity index is 1.48. The van der Waals surface area contributed by atoms with E-state index < -0.39 is 0 Å². The van der Waals surface area contributed by atoms with Crippen molar-refractivity contribution in [1.29, 1.82) is 0 Å². The Morgan fingerprint density at radius 3 is 2.77 bits per heavy atom. The number of aromatic nitrogens is 2. The van der Waals surface area contributed by atoms with Gasteiger partial charge in [0.15, 0.2) is 0 Å². The zero-order valence-electron chi connectivity index (χ0n) is 13.1. The number of nitrogens with zero attached hydrogens (tertiary/aromatic N) is 2. The van der Waals surface area contributed by atoms with Gasteiger partial charge in [-0.25, -0.2) is 4.98 Å². The molecule has 0 spiro atoms. The second kappa shape index (κ2) is 5.41. The first-order valence-corrected chi connectivity index (χ1v) is 8.45. The first-order valence-electron chi connectivity index (χ1n) is 8.45. The molecule has 0 atom stereocenters. The van der Waals surface area contributed by atoms with Crippen molar-refractivity contribution in [3.63, 3.8) is 0 Å². The van der Waals surface area contributed by atoms with Crippen LogP contribution in [-0.2, 0) is 18.4 Å². The molecule has 2 saturated carbocycles. The lowest BCUT2D eigenvalue weighted by molar-refractivity contribution is -0.124. The van der Waals surface area contributed by atoms with Gasteiger partial charge in [0.25, 0.3) is 0 Å². The van der Waals surface area contributed by atoms with Gasteiger partial charge in [-0.2, -0.15) is 0 Å². The van der Waals surface area contributed by atoms with Crippen LogP contribution >= 0.6 is 0 Å². The minimum atomic E-state index is 0.220. The number of carbonyl (C=O) groups is 1. The molecule has 0 radical (unpaired) electrons. The smallest absolute Gasteiger partial charge is 0.223 e. The summed E-state index contributed by atoms with van der Waals surface area (Å²) in [6, 6.07) is 6.36. The molecule has 2 aromatic rings. The summed E-state index contributed by atoms with van der Waals surface area (Å²) in [5, 5.41) is 3.09. The summed E-state index contributed by atoms with van der Waals surface area (Å²) >= 11 is 0. The molecule has 1 aromatic heterocycles. The molecular formula is C18H23N3O. The van der Waals surface area contributed by atoms with Gasteiger partial charge < -0.3 is 9.88 Å². The summed E-state index contributed by atoms with van der Waals surface area (Å²) in [6.45, 7) is 0.612. The van der Waals surface area contributed by atoms with Crippen LogP contribution in [0.4, 0.5) is 0 Å². The van der Waals surface area contributed by atoms with E-state index in [0.717, 1.165) is 23.9 Å². The maximum atomic E-state index is 12.1. The molecule has 2 fully saturated rings. The lowest BCUT2D eigenvalue weighted by Gasteiger charge is -2.10. The van der Waals surface area contributed by atoms with Gasteiger partial charge in [0, 0.05) is 25.4 Å². The van der Waals surface area contributed by atoms with Gasteiger partial charge in [-0.3, -0.25) is 4.79 Å². The molecule has 0 aliphatic heterocycles. The van der Waals surface area contributed by atoms with Crippen molar-refractivity contribution in [1.82, 2.24) is 14.9 Å². The number of nitrogens with one attached hydrogen (secondary N) is 1. The molecule has 0 unspecified atom stereocenters. The monoisotopic (exact) mass is 297 g/mol. The maximum absolute atomic E-state index is 12.1. The number of benzene rings is 1. The van der Waals surface area contributed by atoms with Crippen molar-refractivity contribution in [3.8, 4) is 0 Å². The molecule has 116 valence electrons. The number of fused-ring (bicyclic) bond motifs is 1. The van der Waals surface area contributed by atoms with Crippen LogP contribution < -0.4 is 5.32 Å². The Kier molecular flexibility index (Phi) is 3.40. The second-order valence-corrected chi connectivity index (χ2v) is 6.83. The molecule has 4 nitrogen and oxygen atoms in total. The average Bonchev–Trinajstić information content (AvgIpc) is 3.11. The van der Waals surface area contributed by atoms with Gasteiger partial charge in [-0.15, -0.1) is 0 Å². The molecule has 2 aliphatic rings. The first kappa shape index (κ1) is 13.8. The molecule has 2 aliphatic carbocycles. The Morgan fingerprint density at radius 1 is 1.27 bits per heavy atom. The lowest BCUT2D eigenvalue weighted by atomic mass is 10.1. The largest absolute Gasteiger partial charge is 0.352 e. The van der Waals surface area contributed by atoms with Crippen LogP contribution in [0.2, 0.25) is 0 Å². The van der Waals surface area contributed by atoms with Crippen molar-refractivity contribution in [2.45, 2.75) is 51.0 Å². The molecule has 1 N–H and O–H groups in total. The van der Waals surface area contributed by atoms with E-state index in [0.29, 0.717) is 12.5 Å². The Labute approximate surface area is 130 Å². The number of hydrogen-bond donors (Lipinski definition) is 1. The van der Waals surface area contributed by atoms with Crippen molar-refractivity contribution >= 4 is 16.9 Å². The second-order valence-electron chi connectivity index (χ2n) is 6.83.